The van der Waals surface area contributed by atoms with Crippen LogP contribution in [0.3, 0.4) is 0 Å². The summed E-state index contributed by atoms with van der Waals surface area (Å²) in [6, 6.07) is 42.6. The molecule has 0 aliphatic rings. The molecule has 4 nitrogen and oxygen atoms in total. The minimum Gasteiger partial charge on any atom is -0.456 e. The summed E-state index contributed by atoms with van der Waals surface area (Å²) in [5.41, 5.74) is 7.70. The van der Waals surface area contributed by atoms with E-state index in [9.17, 15) is 0 Å². The van der Waals surface area contributed by atoms with Gasteiger partial charge in [-0.05, 0) is 58.3 Å². The Bertz CT molecular complexity index is 2390. The van der Waals surface area contributed by atoms with Crippen LogP contribution >= 0.6 is 0 Å². The van der Waals surface area contributed by atoms with Crippen molar-refractivity contribution in [2.24, 2.45) is 0 Å². The van der Waals surface area contributed by atoms with Crippen LogP contribution in [0.25, 0.3) is 82.8 Å². The third kappa shape index (κ3) is 2.85. The normalized spacial score (nSPS) is 12.1. The summed E-state index contributed by atoms with van der Waals surface area (Å²) in [5.74, 6) is 0. The molecule has 3 heterocycles. The van der Waals surface area contributed by atoms with Gasteiger partial charge in [-0.15, -0.1) is 0 Å². The first kappa shape index (κ1) is 20.7. The van der Waals surface area contributed by atoms with Crippen molar-refractivity contribution in [1.29, 1.82) is 0 Å². The Morgan fingerprint density at radius 2 is 1.26 bits per heavy atom. The van der Waals surface area contributed by atoms with Gasteiger partial charge in [-0.25, -0.2) is 0 Å². The van der Waals surface area contributed by atoms with Crippen molar-refractivity contribution in [2.75, 3.05) is 0 Å². The van der Waals surface area contributed by atoms with Crippen molar-refractivity contribution in [3.05, 3.63) is 121 Å². The van der Waals surface area contributed by atoms with E-state index in [1.54, 1.807) is 0 Å². The predicted molar refractivity (Wildman–Crippen MR) is 159 cm³/mol. The fourth-order valence-corrected chi connectivity index (χ4v) is 6.09. The van der Waals surface area contributed by atoms with Crippen LogP contribution in [0.15, 0.2) is 130 Å². The fraction of sp³-hybridized carbons (Fsp3) is 0. The molecule has 9 aromatic rings. The van der Waals surface area contributed by atoms with E-state index >= 15 is 0 Å². The molecule has 9 rings (SSSR count). The van der Waals surface area contributed by atoms with Crippen molar-refractivity contribution in [3.8, 4) is 17.1 Å². The lowest BCUT2D eigenvalue weighted by Gasteiger charge is -2.04. The number of fused-ring (bicyclic) bond motifs is 10. The van der Waals surface area contributed by atoms with E-state index in [0.29, 0.717) is 6.01 Å². The molecule has 6 aromatic carbocycles. The zero-order valence-electron chi connectivity index (χ0n) is 20.8. The molecule has 0 aliphatic carbocycles. The lowest BCUT2D eigenvalue weighted by molar-refractivity contribution is 0.574. The number of benzene rings is 6. The Morgan fingerprint density at radius 1 is 0.487 bits per heavy atom. The maximum atomic E-state index is 6.49. The van der Waals surface area contributed by atoms with Crippen molar-refractivity contribution in [3.63, 3.8) is 0 Å². The first-order valence-corrected chi connectivity index (χ1v) is 13.1. The molecule has 0 amide bonds. The monoisotopic (exact) mass is 500 g/mol. The standard InChI is InChI=1S/C35H20N2O2/c1-2-8-21(9-3-1)23-15-16-27-26(20-23)32-24-11-5-4-10-22(24)14-17-28(32)37(27)35-36-34-31(39-35)19-18-30-33(34)25-12-6-7-13-29(25)38-30/h1-20H. The highest BCUT2D eigenvalue weighted by atomic mass is 16.4. The van der Waals surface area contributed by atoms with Crippen LogP contribution in [0, 0.1) is 0 Å². The fourth-order valence-electron chi connectivity index (χ4n) is 6.09. The third-order valence-electron chi connectivity index (χ3n) is 7.84. The number of hydrogen-bond donors (Lipinski definition) is 0. The number of furan rings is 1. The van der Waals surface area contributed by atoms with Gasteiger partial charge in [0.2, 0.25) is 0 Å². The summed E-state index contributed by atoms with van der Waals surface area (Å²) < 4.78 is 14.8. The van der Waals surface area contributed by atoms with Gasteiger partial charge in [-0.1, -0.05) is 84.9 Å². The lowest BCUT2D eigenvalue weighted by Crippen LogP contribution is -1.93. The van der Waals surface area contributed by atoms with Crippen molar-refractivity contribution in [1.82, 2.24) is 9.55 Å². The van der Waals surface area contributed by atoms with Gasteiger partial charge in [-0.2, -0.15) is 4.98 Å². The molecule has 182 valence electrons. The molecule has 0 unspecified atom stereocenters. The summed E-state index contributed by atoms with van der Waals surface area (Å²) >= 11 is 0. The average molecular weight is 501 g/mol. The molecule has 0 atom stereocenters. The van der Waals surface area contributed by atoms with Gasteiger partial charge in [0, 0.05) is 16.2 Å². The van der Waals surface area contributed by atoms with Crippen LogP contribution in [-0.2, 0) is 0 Å². The lowest BCUT2D eigenvalue weighted by atomic mass is 10.0. The summed E-state index contributed by atoms with van der Waals surface area (Å²) in [6.07, 6.45) is 0. The third-order valence-corrected chi connectivity index (χ3v) is 7.84. The first-order chi connectivity index (χ1) is 19.3. The second kappa shape index (κ2) is 7.59. The minimum atomic E-state index is 0.547. The van der Waals surface area contributed by atoms with E-state index in [1.807, 2.05) is 30.3 Å². The molecule has 0 N–H and O–H groups in total. The second-order valence-corrected chi connectivity index (χ2v) is 9.99. The first-order valence-electron chi connectivity index (χ1n) is 13.1. The van der Waals surface area contributed by atoms with Gasteiger partial charge in [0.05, 0.1) is 16.4 Å². The average Bonchev–Trinajstić information content (AvgIpc) is 3.68. The molecule has 0 saturated heterocycles. The topological polar surface area (TPSA) is 44.1 Å². The Morgan fingerprint density at radius 3 is 2.18 bits per heavy atom. The van der Waals surface area contributed by atoms with E-state index in [0.717, 1.165) is 44.1 Å². The van der Waals surface area contributed by atoms with Gasteiger partial charge < -0.3 is 8.83 Å². The van der Waals surface area contributed by atoms with E-state index in [1.165, 1.54) is 32.7 Å². The minimum absolute atomic E-state index is 0.547. The van der Waals surface area contributed by atoms with Crippen LogP contribution in [0.4, 0.5) is 0 Å². The summed E-state index contributed by atoms with van der Waals surface area (Å²) in [6.45, 7) is 0. The molecule has 0 bridgehead atoms. The number of nitrogens with zero attached hydrogens (tertiary/aromatic N) is 2. The highest BCUT2D eigenvalue weighted by Gasteiger charge is 2.21. The molecular weight excluding hydrogens is 480 g/mol. The number of oxazole rings is 1. The second-order valence-electron chi connectivity index (χ2n) is 9.99. The quantitative estimate of drug-likeness (QED) is 0.237. The van der Waals surface area contributed by atoms with Crippen LogP contribution in [-0.4, -0.2) is 9.55 Å². The van der Waals surface area contributed by atoms with E-state index < -0.39 is 0 Å². The van der Waals surface area contributed by atoms with Crippen LogP contribution in [0.5, 0.6) is 0 Å². The number of rotatable bonds is 2. The highest BCUT2D eigenvalue weighted by molar-refractivity contribution is 6.22. The van der Waals surface area contributed by atoms with Crippen LogP contribution in [0.2, 0.25) is 0 Å². The van der Waals surface area contributed by atoms with Gasteiger partial charge in [-0.3, -0.25) is 4.57 Å². The summed E-state index contributed by atoms with van der Waals surface area (Å²) in [5, 5.41) is 6.81. The maximum absolute atomic E-state index is 6.49. The molecular formula is C35H20N2O2. The molecule has 0 fully saturated rings. The summed E-state index contributed by atoms with van der Waals surface area (Å²) in [7, 11) is 0. The molecule has 4 heteroatoms. The molecule has 0 spiro atoms. The SMILES string of the molecule is c1ccc(-c2ccc3c(c2)c2c4ccccc4ccc2n3-c2nc3c(ccc4oc5ccccc5c43)o2)cc1. The zero-order chi connectivity index (χ0) is 25.5. The molecule has 0 saturated carbocycles. The number of aromatic nitrogens is 2. The highest BCUT2D eigenvalue weighted by Crippen LogP contribution is 2.40. The van der Waals surface area contributed by atoms with E-state index in [4.69, 9.17) is 13.8 Å². The molecule has 0 radical (unpaired) electrons. The van der Waals surface area contributed by atoms with E-state index in [-0.39, 0.29) is 0 Å². The van der Waals surface area contributed by atoms with Crippen molar-refractivity contribution >= 4 is 65.6 Å². The summed E-state index contributed by atoms with van der Waals surface area (Å²) in [4.78, 5) is 5.10. The van der Waals surface area contributed by atoms with Crippen LogP contribution in [0.1, 0.15) is 0 Å². The van der Waals surface area contributed by atoms with Crippen molar-refractivity contribution in [2.45, 2.75) is 0 Å². The molecule has 39 heavy (non-hydrogen) atoms. The molecule has 0 aliphatic heterocycles. The largest absolute Gasteiger partial charge is 0.456 e. The van der Waals surface area contributed by atoms with Crippen LogP contribution < -0.4 is 0 Å². The zero-order valence-corrected chi connectivity index (χ0v) is 20.8. The Balaban J connectivity index is 1.40. The predicted octanol–water partition coefficient (Wildman–Crippen LogP) is 9.64. The smallest absolute Gasteiger partial charge is 0.307 e. The van der Waals surface area contributed by atoms with E-state index in [2.05, 4.69) is 95.6 Å². The van der Waals surface area contributed by atoms with Crippen molar-refractivity contribution < 1.29 is 8.83 Å². The van der Waals surface area contributed by atoms with Gasteiger partial charge in [0.25, 0.3) is 0 Å². The maximum Gasteiger partial charge on any atom is 0.307 e. The molecule has 3 aromatic heterocycles. The number of para-hydroxylation sites is 1. The van der Waals surface area contributed by atoms with Gasteiger partial charge >= 0.3 is 6.01 Å². The van der Waals surface area contributed by atoms with Gasteiger partial charge in [0.15, 0.2) is 5.58 Å². The number of hydrogen-bond acceptors (Lipinski definition) is 3. The Kier molecular flexibility index (Phi) is 4.02. The Labute approximate surface area is 222 Å². The van der Waals surface area contributed by atoms with Gasteiger partial charge in [0.1, 0.15) is 16.7 Å². The Hall–Kier alpha value is -5.35.